The average Bonchev–Trinajstić information content (AvgIpc) is 2.15. The fourth-order valence-electron chi connectivity index (χ4n) is 1.17. The van der Waals surface area contributed by atoms with Gasteiger partial charge in [0, 0.05) is 7.05 Å². The molecule has 0 rings (SSSR count). The van der Waals surface area contributed by atoms with Crippen LogP contribution in [0, 0.1) is 5.41 Å². The van der Waals surface area contributed by atoms with Gasteiger partial charge in [-0.15, -0.1) is 0 Å². The van der Waals surface area contributed by atoms with Crippen molar-refractivity contribution >= 4 is 11.9 Å². The summed E-state index contributed by atoms with van der Waals surface area (Å²) in [4.78, 5) is 22.2. The largest absolute Gasteiger partial charge is 0.480 e. The van der Waals surface area contributed by atoms with Crippen LogP contribution in [0.25, 0.3) is 0 Å². The molecule has 0 heterocycles. The van der Waals surface area contributed by atoms with Crippen LogP contribution in [0.15, 0.2) is 0 Å². The van der Waals surface area contributed by atoms with E-state index in [2.05, 4.69) is 5.32 Å². The zero-order valence-corrected chi connectivity index (χ0v) is 8.70. The minimum atomic E-state index is -1.55. The fourth-order valence-corrected chi connectivity index (χ4v) is 1.17. The summed E-state index contributed by atoms with van der Waals surface area (Å²) in [5, 5.41) is 20.5. The number of aliphatic carboxylic acids is 1. The number of aliphatic hydroxyl groups excluding tert-OH is 1. The number of carboxylic acid groups (broad SMARTS) is 1. The molecule has 2 atom stereocenters. The zero-order chi connectivity index (χ0) is 11.4. The van der Waals surface area contributed by atoms with Gasteiger partial charge in [-0.3, -0.25) is 9.59 Å². The van der Waals surface area contributed by atoms with Crippen molar-refractivity contribution in [2.24, 2.45) is 5.41 Å². The van der Waals surface area contributed by atoms with Gasteiger partial charge in [0.15, 0.2) is 0 Å². The highest BCUT2D eigenvalue weighted by atomic mass is 16.4. The molecule has 0 aromatic rings. The van der Waals surface area contributed by atoms with Crippen molar-refractivity contribution in [3.8, 4) is 0 Å². The molecule has 0 spiro atoms. The lowest BCUT2D eigenvalue weighted by atomic mass is 9.83. The summed E-state index contributed by atoms with van der Waals surface area (Å²) in [6.07, 6.45) is -0.411. The molecule has 0 fully saturated rings. The highest BCUT2D eigenvalue weighted by Crippen LogP contribution is 2.25. The van der Waals surface area contributed by atoms with Gasteiger partial charge in [0.2, 0.25) is 5.91 Å². The molecule has 14 heavy (non-hydrogen) atoms. The lowest BCUT2D eigenvalue weighted by Crippen LogP contribution is -2.45. The molecule has 0 saturated heterocycles. The third kappa shape index (κ3) is 2.70. The maximum atomic E-state index is 11.3. The molecule has 0 aliphatic rings. The van der Waals surface area contributed by atoms with E-state index in [1.807, 2.05) is 0 Å². The second kappa shape index (κ2) is 4.95. The number of nitrogens with one attached hydrogen (secondary N) is 1. The molecule has 0 bridgehead atoms. The highest BCUT2D eigenvalue weighted by molar-refractivity contribution is 6.01. The molecule has 1 amide bonds. The highest BCUT2D eigenvalue weighted by Gasteiger charge is 2.42. The Labute approximate surface area is 83.1 Å². The first-order valence-electron chi connectivity index (χ1n) is 4.52. The van der Waals surface area contributed by atoms with Crippen LogP contribution in [0.1, 0.15) is 26.7 Å². The Kier molecular flexibility index (Phi) is 4.56. The van der Waals surface area contributed by atoms with E-state index >= 15 is 0 Å². The Morgan fingerprint density at radius 2 is 2.00 bits per heavy atom. The van der Waals surface area contributed by atoms with Gasteiger partial charge in [-0.2, -0.15) is 0 Å². The number of carboxylic acids is 1. The molecule has 0 aliphatic heterocycles. The van der Waals surface area contributed by atoms with Crippen molar-refractivity contribution in [3.05, 3.63) is 0 Å². The molecule has 2 unspecified atom stereocenters. The maximum absolute atomic E-state index is 11.3. The summed E-state index contributed by atoms with van der Waals surface area (Å²) < 4.78 is 0. The van der Waals surface area contributed by atoms with Gasteiger partial charge in [-0.05, 0) is 19.8 Å². The third-order valence-electron chi connectivity index (χ3n) is 2.32. The van der Waals surface area contributed by atoms with Gasteiger partial charge < -0.3 is 15.5 Å². The van der Waals surface area contributed by atoms with Crippen molar-refractivity contribution < 1.29 is 19.8 Å². The molecule has 3 N–H and O–H groups in total. The van der Waals surface area contributed by atoms with Crippen LogP contribution in [0.3, 0.4) is 0 Å². The second-order valence-electron chi connectivity index (χ2n) is 3.48. The quantitative estimate of drug-likeness (QED) is 0.548. The SMILES string of the molecule is CCC(O)CC(C)(C(=O)O)C(=O)NC. The molecule has 0 aromatic heterocycles. The van der Waals surface area contributed by atoms with Gasteiger partial charge in [0.05, 0.1) is 6.10 Å². The molecule has 5 heteroatoms. The van der Waals surface area contributed by atoms with Crippen LogP contribution >= 0.6 is 0 Å². The third-order valence-corrected chi connectivity index (χ3v) is 2.32. The smallest absolute Gasteiger partial charge is 0.319 e. The monoisotopic (exact) mass is 203 g/mol. The lowest BCUT2D eigenvalue weighted by molar-refractivity contribution is -0.156. The van der Waals surface area contributed by atoms with E-state index in [0.717, 1.165) is 0 Å². The van der Waals surface area contributed by atoms with Crippen molar-refractivity contribution in [3.63, 3.8) is 0 Å². The standard InChI is InChI=1S/C9H17NO4/c1-4-6(11)5-9(2,8(13)14)7(12)10-3/h6,11H,4-5H2,1-3H3,(H,10,12)(H,13,14). The van der Waals surface area contributed by atoms with Crippen molar-refractivity contribution in [1.29, 1.82) is 0 Å². The van der Waals surface area contributed by atoms with E-state index in [9.17, 15) is 14.7 Å². The van der Waals surface area contributed by atoms with Crippen LogP contribution in [0.4, 0.5) is 0 Å². The van der Waals surface area contributed by atoms with E-state index < -0.39 is 23.4 Å². The number of amides is 1. The molecule has 82 valence electrons. The molecule has 0 aliphatic carbocycles. The summed E-state index contributed by atoms with van der Waals surface area (Å²) in [6.45, 7) is 3.05. The number of aliphatic hydroxyl groups is 1. The second-order valence-corrected chi connectivity index (χ2v) is 3.48. The predicted octanol–water partition coefficient (Wildman–Crippen LogP) is -0.0157. The number of carbonyl (C=O) groups is 2. The lowest BCUT2D eigenvalue weighted by Gasteiger charge is -2.24. The normalized spacial score (nSPS) is 16.9. The fraction of sp³-hybridized carbons (Fsp3) is 0.778. The molecular formula is C9H17NO4. The molecule has 5 nitrogen and oxygen atoms in total. The van der Waals surface area contributed by atoms with Gasteiger partial charge in [-0.1, -0.05) is 6.92 Å². The van der Waals surface area contributed by atoms with Gasteiger partial charge in [0.25, 0.3) is 0 Å². The molecular weight excluding hydrogens is 186 g/mol. The van der Waals surface area contributed by atoms with E-state index in [1.165, 1.54) is 14.0 Å². The van der Waals surface area contributed by atoms with Crippen LogP contribution < -0.4 is 5.32 Å². The predicted molar refractivity (Wildman–Crippen MR) is 50.7 cm³/mol. The molecule has 0 saturated carbocycles. The first-order chi connectivity index (χ1) is 6.38. The van der Waals surface area contributed by atoms with Crippen LogP contribution in [-0.4, -0.2) is 35.2 Å². The van der Waals surface area contributed by atoms with E-state index in [1.54, 1.807) is 6.92 Å². The molecule has 0 aromatic carbocycles. The van der Waals surface area contributed by atoms with Crippen LogP contribution in [0.2, 0.25) is 0 Å². The topological polar surface area (TPSA) is 86.6 Å². The van der Waals surface area contributed by atoms with E-state index in [4.69, 9.17) is 5.11 Å². The zero-order valence-electron chi connectivity index (χ0n) is 8.70. The van der Waals surface area contributed by atoms with Crippen molar-refractivity contribution in [1.82, 2.24) is 5.32 Å². The van der Waals surface area contributed by atoms with Crippen molar-refractivity contribution in [2.75, 3.05) is 7.05 Å². The molecule has 0 radical (unpaired) electrons. The first kappa shape index (κ1) is 12.9. The summed E-state index contributed by atoms with van der Waals surface area (Å²) in [5.41, 5.74) is -1.55. The minimum Gasteiger partial charge on any atom is -0.480 e. The summed E-state index contributed by atoms with van der Waals surface area (Å²) in [5.74, 6) is -1.80. The minimum absolute atomic E-state index is 0.0709. The number of hydrogen-bond donors (Lipinski definition) is 3. The van der Waals surface area contributed by atoms with E-state index in [-0.39, 0.29) is 6.42 Å². The van der Waals surface area contributed by atoms with Gasteiger partial charge >= 0.3 is 5.97 Å². The Morgan fingerprint density at radius 3 is 2.29 bits per heavy atom. The van der Waals surface area contributed by atoms with Crippen LogP contribution in [0.5, 0.6) is 0 Å². The Hall–Kier alpha value is -1.10. The van der Waals surface area contributed by atoms with Crippen LogP contribution in [-0.2, 0) is 9.59 Å². The average molecular weight is 203 g/mol. The Balaban J connectivity index is 4.73. The summed E-state index contributed by atoms with van der Waals surface area (Å²) in [6, 6.07) is 0. The Morgan fingerprint density at radius 1 is 1.50 bits per heavy atom. The van der Waals surface area contributed by atoms with E-state index in [0.29, 0.717) is 6.42 Å². The maximum Gasteiger partial charge on any atom is 0.319 e. The summed E-state index contributed by atoms with van der Waals surface area (Å²) in [7, 11) is 1.38. The summed E-state index contributed by atoms with van der Waals surface area (Å²) >= 11 is 0. The Bertz CT molecular complexity index is 229. The first-order valence-corrected chi connectivity index (χ1v) is 4.52. The van der Waals surface area contributed by atoms with Gasteiger partial charge in [-0.25, -0.2) is 0 Å². The number of carbonyl (C=O) groups excluding carboxylic acids is 1. The van der Waals surface area contributed by atoms with Gasteiger partial charge in [0.1, 0.15) is 5.41 Å². The van der Waals surface area contributed by atoms with Crippen molar-refractivity contribution in [2.45, 2.75) is 32.8 Å². The number of hydrogen-bond acceptors (Lipinski definition) is 3. The number of rotatable bonds is 5.